The summed E-state index contributed by atoms with van der Waals surface area (Å²) in [6, 6.07) is 23.5. The Morgan fingerprint density at radius 2 is 1.83 bits per heavy atom. The standard InChI is InChI=1S/C25H21N3O2/c1-3-30-25(29)22-9-6-10-23-24(22)28(17(2)27-23)16-18-11-13-19(14-12-18)21-8-5-4-7-20(21)15-26/h4-14H,3,16H2,1-2H3. The van der Waals surface area contributed by atoms with Gasteiger partial charge in [-0.2, -0.15) is 5.26 Å². The molecule has 0 atom stereocenters. The van der Waals surface area contributed by atoms with E-state index in [1.54, 1.807) is 13.0 Å². The Morgan fingerprint density at radius 1 is 1.07 bits per heavy atom. The third kappa shape index (κ3) is 3.56. The first-order chi connectivity index (χ1) is 14.6. The quantitative estimate of drug-likeness (QED) is 0.441. The van der Waals surface area contributed by atoms with Crippen LogP contribution in [0.5, 0.6) is 0 Å². The van der Waals surface area contributed by atoms with Gasteiger partial charge >= 0.3 is 5.97 Å². The van der Waals surface area contributed by atoms with Crippen molar-refractivity contribution in [2.75, 3.05) is 6.61 Å². The lowest BCUT2D eigenvalue weighted by atomic mass is 9.99. The van der Waals surface area contributed by atoms with Gasteiger partial charge in [0.05, 0.1) is 34.8 Å². The average molecular weight is 395 g/mol. The number of esters is 1. The summed E-state index contributed by atoms with van der Waals surface area (Å²) in [6.45, 7) is 4.64. The minimum Gasteiger partial charge on any atom is -0.462 e. The number of nitriles is 1. The Morgan fingerprint density at radius 3 is 2.57 bits per heavy atom. The molecule has 1 heterocycles. The van der Waals surface area contributed by atoms with Crippen LogP contribution in [0.15, 0.2) is 66.7 Å². The molecule has 0 unspecified atom stereocenters. The second-order valence-corrected chi connectivity index (χ2v) is 6.99. The Balaban J connectivity index is 1.70. The van der Waals surface area contributed by atoms with E-state index in [1.807, 2.05) is 72.2 Å². The van der Waals surface area contributed by atoms with E-state index in [2.05, 4.69) is 11.1 Å². The van der Waals surface area contributed by atoms with Crippen LogP contribution in [-0.2, 0) is 11.3 Å². The first-order valence-corrected chi connectivity index (χ1v) is 9.83. The van der Waals surface area contributed by atoms with Crippen LogP contribution in [0.1, 0.15) is 34.2 Å². The monoisotopic (exact) mass is 395 g/mol. The minimum absolute atomic E-state index is 0.327. The van der Waals surface area contributed by atoms with Gasteiger partial charge in [-0.1, -0.05) is 48.5 Å². The largest absolute Gasteiger partial charge is 0.462 e. The van der Waals surface area contributed by atoms with E-state index in [4.69, 9.17) is 4.74 Å². The van der Waals surface area contributed by atoms with E-state index < -0.39 is 0 Å². The molecule has 5 nitrogen and oxygen atoms in total. The number of imidazole rings is 1. The molecule has 0 radical (unpaired) electrons. The van der Waals surface area contributed by atoms with Gasteiger partial charge in [0.25, 0.3) is 0 Å². The van der Waals surface area contributed by atoms with Crippen molar-refractivity contribution >= 4 is 17.0 Å². The zero-order valence-corrected chi connectivity index (χ0v) is 16.9. The molecule has 148 valence electrons. The number of benzene rings is 3. The maximum Gasteiger partial charge on any atom is 0.340 e. The fraction of sp³-hybridized carbons (Fsp3) is 0.160. The van der Waals surface area contributed by atoms with E-state index in [0.717, 1.165) is 33.5 Å². The number of ether oxygens (including phenoxy) is 1. The molecule has 0 bridgehead atoms. The predicted octanol–water partition coefficient (Wildman–Crippen LogP) is 5.11. The van der Waals surface area contributed by atoms with E-state index in [-0.39, 0.29) is 5.97 Å². The topological polar surface area (TPSA) is 67.9 Å². The van der Waals surface area contributed by atoms with Crippen molar-refractivity contribution in [1.82, 2.24) is 9.55 Å². The smallest absolute Gasteiger partial charge is 0.340 e. The van der Waals surface area contributed by atoms with Crippen molar-refractivity contribution < 1.29 is 9.53 Å². The van der Waals surface area contributed by atoms with Gasteiger partial charge in [0.15, 0.2) is 0 Å². The number of para-hydroxylation sites is 1. The Bertz CT molecular complexity index is 1260. The molecule has 0 spiro atoms. The van der Waals surface area contributed by atoms with Crippen molar-refractivity contribution in [3.8, 4) is 17.2 Å². The van der Waals surface area contributed by atoms with E-state index in [0.29, 0.717) is 24.3 Å². The molecular weight excluding hydrogens is 374 g/mol. The van der Waals surface area contributed by atoms with Crippen LogP contribution in [0.3, 0.4) is 0 Å². The number of hydrogen-bond acceptors (Lipinski definition) is 4. The Labute approximate surface area is 175 Å². The molecule has 4 aromatic rings. The van der Waals surface area contributed by atoms with Crippen LogP contribution in [0, 0.1) is 18.3 Å². The number of aromatic nitrogens is 2. The highest BCUT2D eigenvalue weighted by Gasteiger charge is 2.17. The van der Waals surface area contributed by atoms with Crippen LogP contribution in [0.25, 0.3) is 22.2 Å². The maximum absolute atomic E-state index is 12.4. The van der Waals surface area contributed by atoms with E-state index in [9.17, 15) is 10.1 Å². The number of carbonyl (C=O) groups excluding carboxylic acids is 1. The first kappa shape index (κ1) is 19.4. The molecular formula is C25H21N3O2. The number of hydrogen-bond donors (Lipinski definition) is 0. The fourth-order valence-corrected chi connectivity index (χ4v) is 3.67. The Hall–Kier alpha value is -3.91. The summed E-state index contributed by atoms with van der Waals surface area (Å²) < 4.78 is 7.27. The Kier molecular flexibility index (Phi) is 5.32. The third-order valence-electron chi connectivity index (χ3n) is 5.11. The van der Waals surface area contributed by atoms with Crippen LogP contribution < -0.4 is 0 Å². The lowest BCUT2D eigenvalue weighted by molar-refractivity contribution is 0.0528. The van der Waals surface area contributed by atoms with E-state index in [1.165, 1.54) is 0 Å². The predicted molar refractivity (Wildman–Crippen MR) is 116 cm³/mol. The normalized spacial score (nSPS) is 10.7. The molecule has 1 aromatic heterocycles. The molecule has 0 aliphatic rings. The number of fused-ring (bicyclic) bond motifs is 1. The molecule has 0 N–H and O–H groups in total. The molecule has 4 rings (SSSR count). The molecule has 0 aliphatic carbocycles. The van der Waals surface area contributed by atoms with Crippen molar-refractivity contribution in [1.29, 1.82) is 5.26 Å². The van der Waals surface area contributed by atoms with Gasteiger partial charge in [-0.3, -0.25) is 0 Å². The number of carbonyl (C=O) groups is 1. The molecule has 0 amide bonds. The van der Waals surface area contributed by atoms with Crippen LogP contribution in [-0.4, -0.2) is 22.1 Å². The second kappa shape index (κ2) is 8.22. The van der Waals surface area contributed by atoms with Gasteiger partial charge in [-0.15, -0.1) is 0 Å². The number of rotatable bonds is 5. The summed E-state index contributed by atoms with van der Waals surface area (Å²) in [5.74, 6) is 0.494. The van der Waals surface area contributed by atoms with Gasteiger partial charge in [-0.25, -0.2) is 9.78 Å². The van der Waals surface area contributed by atoms with Crippen molar-refractivity contribution in [3.05, 3.63) is 89.2 Å². The zero-order chi connectivity index (χ0) is 21.1. The van der Waals surface area contributed by atoms with E-state index >= 15 is 0 Å². The first-order valence-electron chi connectivity index (χ1n) is 9.83. The molecule has 5 heteroatoms. The van der Waals surface area contributed by atoms with Crippen LogP contribution in [0.2, 0.25) is 0 Å². The second-order valence-electron chi connectivity index (χ2n) is 6.99. The lowest BCUT2D eigenvalue weighted by Gasteiger charge is -2.11. The maximum atomic E-state index is 12.4. The summed E-state index contributed by atoms with van der Waals surface area (Å²) in [6.07, 6.45) is 0. The number of aryl methyl sites for hydroxylation is 1. The minimum atomic E-state index is -0.340. The van der Waals surface area contributed by atoms with Gasteiger partial charge in [-0.05, 0) is 48.7 Å². The summed E-state index contributed by atoms with van der Waals surface area (Å²) in [4.78, 5) is 17.1. The third-order valence-corrected chi connectivity index (χ3v) is 5.11. The highest BCUT2D eigenvalue weighted by Crippen LogP contribution is 2.26. The van der Waals surface area contributed by atoms with Crippen LogP contribution in [0.4, 0.5) is 0 Å². The molecule has 30 heavy (non-hydrogen) atoms. The average Bonchev–Trinajstić information content (AvgIpc) is 3.09. The van der Waals surface area contributed by atoms with Crippen molar-refractivity contribution in [3.63, 3.8) is 0 Å². The number of nitrogens with zero attached hydrogens (tertiary/aromatic N) is 3. The fourth-order valence-electron chi connectivity index (χ4n) is 3.67. The van der Waals surface area contributed by atoms with Gasteiger partial charge in [0, 0.05) is 6.54 Å². The van der Waals surface area contributed by atoms with Gasteiger partial charge in [0.2, 0.25) is 0 Å². The van der Waals surface area contributed by atoms with Crippen LogP contribution >= 0.6 is 0 Å². The molecule has 0 saturated carbocycles. The summed E-state index contributed by atoms with van der Waals surface area (Å²) in [7, 11) is 0. The summed E-state index contributed by atoms with van der Waals surface area (Å²) in [5, 5.41) is 9.35. The molecule has 0 aliphatic heterocycles. The highest BCUT2D eigenvalue weighted by molar-refractivity contribution is 6.02. The summed E-state index contributed by atoms with van der Waals surface area (Å²) in [5.41, 5.74) is 5.73. The molecule has 0 fully saturated rings. The lowest BCUT2D eigenvalue weighted by Crippen LogP contribution is -2.09. The zero-order valence-electron chi connectivity index (χ0n) is 16.9. The highest BCUT2D eigenvalue weighted by atomic mass is 16.5. The van der Waals surface area contributed by atoms with Gasteiger partial charge in [0.1, 0.15) is 5.82 Å². The summed E-state index contributed by atoms with van der Waals surface area (Å²) >= 11 is 0. The molecule has 0 saturated heterocycles. The van der Waals surface area contributed by atoms with Crippen molar-refractivity contribution in [2.24, 2.45) is 0 Å². The molecule has 3 aromatic carbocycles. The SMILES string of the molecule is CCOC(=O)c1cccc2nc(C)n(Cc3ccc(-c4ccccc4C#N)cc3)c12. The van der Waals surface area contributed by atoms with Gasteiger partial charge < -0.3 is 9.30 Å². The van der Waals surface area contributed by atoms with Crippen molar-refractivity contribution in [2.45, 2.75) is 20.4 Å².